The van der Waals surface area contributed by atoms with Gasteiger partial charge in [-0.1, -0.05) is 18.2 Å². The normalized spacial score (nSPS) is 27.1. The molecule has 1 aromatic carbocycles. The minimum atomic E-state index is -1.62. The van der Waals surface area contributed by atoms with Gasteiger partial charge < -0.3 is 19.6 Å². The van der Waals surface area contributed by atoms with Gasteiger partial charge in [-0.3, -0.25) is 14.3 Å². The highest BCUT2D eigenvalue weighted by Gasteiger charge is 2.66. The summed E-state index contributed by atoms with van der Waals surface area (Å²) in [6.45, 7) is 10.2. The lowest BCUT2D eigenvalue weighted by Gasteiger charge is -2.33. The number of aliphatic hydroxyl groups excluding tert-OH is 1. The Kier molecular flexibility index (Phi) is 7.37. The molecule has 2 saturated heterocycles. The van der Waals surface area contributed by atoms with Gasteiger partial charge in [0.1, 0.15) is 5.67 Å². The van der Waals surface area contributed by atoms with E-state index in [4.69, 9.17) is 4.74 Å². The zero-order valence-corrected chi connectivity index (χ0v) is 23.0. The lowest BCUT2D eigenvalue weighted by Crippen LogP contribution is -2.45. The Labute approximate surface area is 228 Å². The number of aryl methyl sites for hydroxylation is 1. The van der Waals surface area contributed by atoms with Gasteiger partial charge in [0.15, 0.2) is 5.60 Å². The summed E-state index contributed by atoms with van der Waals surface area (Å²) in [6, 6.07) is 5.66. The summed E-state index contributed by atoms with van der Waals surface area (Å²) in [5.74, 6) is -1.21. The van der Waals surface area contributed by atoms with Gasteiger partial charge in [0.05, 0.1) is 17.5 Å². The third-order valence-corrected chi connectivity index (χ3v) is 8.49. The molecule has 9 nitrogen and oxygen atoms in total. The Bertz CT molecular complexity index is 1260. The van der Waals surface area contributed by atoms with Gasteiger partial charge in [-0.05, 0) is 51.3 Å². The highest BCUT2D eigenvalue weighted by molar-refractivity contribution is 6.08. The van der Waals surface area contributed by atoms with Gasteiger partial charge in [-0.25, -0.2) is 4.39 Å². The minimum absolute atomic E-state index is 0.0175. The number of benzene rings is 1. The molecular formula is C29H38FN5O4. The molecule has 0 unspecified atom stereocenters. The maximum Gasteiger partial charge on any atom is 0.264 e. The molecule has 0 bridgehead atoms. The number of aliphatic hydroxyl groups is 1. The van der Waals surface area contributed by atoms with Crippen molar-refractivity contribution in [1.29, 1.82) is 0 Å². The van der Waals surface area contributed by atoms with Crippen LogP contribution in [0, 0.1) is 11.8 Å². The van der Waals surface area contributed by atoms with Crippen molar-refractivity contribution in [3.8, 4) is 0 Å². The number of ether oxygens (including phenoxy) is 1. The quantitative estimate of drug-likeness (QED) is 0.489. The number of nitrogens with zero attached hydrogens (tertiary/aromatic N) is 5. The molecule has 1 N–H and O–H groups in total. The first-order valence-corrected chi connectivity index (χ1v) is 13.9. The van der Waals surface area contributed by atoms with Crippen LogP contribution in [0.15, 0.2) is 37.1 Å². The molecule has 0 radical (unpaired) electrons. The molecule has 4 atom stereocenters. The van der Waals surface area contributed by atoms with Crippen LogP contribution in [0.25, 0.3) is 0 Å². The van der Waals surface area contributed by atoms with E-state index < -0.39 is 29.2 Å². The van der Waals surface area contributed by atoms with Crippen molar-refractivity contribution in [1.82, 2.24) is 15.0 Å². The molecular weight excluding hydrogens is 501 g/mol. The molecule has 2 fully saturated rings. The summed E-state index contributed by atoms with van der Waals surface area (Å²) >= 11 is 0. The fourth-order valence-electron chi connectivity index (χ4n) is 6.80. The second-order valence-electron chi connectivity index (χ2n) is 11.4. The van der Waals surface area contributed by atoms with Crippen molar-refractivity contribution < 1.29 is 23.8 Å². The molecule has 0 aliphatic carbocycles. The van der Waals surface area contributed by atoms with Crippen LogP contribution < -0.4 is 9.80 Å². The number of fused-ring (bicyclic) bond motifs is 2. The van der Waals surface area contributed by atoms with Crippen LogP contribution in [-0.4, -0.2) is 63.4 Å². The number of anilines is 2. The van der Waals surface area contributed by atoms with E-state index >= 15 is 4.39 Å². The van der Waals surface area contributed by atoms with Gasteiger partial charge in [0.2, 0.25) is 5.91 Å². The molecule has 4 heterocycles. The maximum absolute atomic E-state index is 15.9. The number of halogens is 1. The van der Waals surface area contributed by atoms with Gasteiger partial charge >= 0.3 is 0 Å². The predicted molar refractivity (Wildman–Crippen MR) is 145 cm³/mol. The number of alkyl halides is 1. The predicted octanol–water partition coefficient (Wildman–Crippen LogP) is 3.55. The van der Waals surface area contributed by atoms with Crippen molar-refractivity contribution in [3.63, 3.8) is 0 Å². The summed E-state index contributed by atoms with van der Waals surface area (Å²) < 4.78 is 24.3. The highest BCUT2D eigenvalue weighted by atomic mass is 19.1. The van der Waals surface area contributed by atoms with E-state index in [1.54, 1.807) is 40.6 Å². The van der Waals surface area contributed by atoms with Crippen LogP contribution in [0.1, 0.15) is 57.7 Å². The number of hydrogen-bond acceptors (Lipinski definition) is 6. The van der Waals surface area contributed by atoms with Gasteiger partial charge in [0, 0.05) is 68.4 Å². The number of piperidine rings is 1. The van der Waals surface area contributed by atoms with Crippen molar-refractivity contribution in [3.05, 3.63) is 48.3 Å². The van der Waals surface area contributed by atoms with Crippen molar-refractivity contribution in [2.24, 2.45) is 11.8 Å². The molecule has 210 valence electrons. The Balaban J connectivity index is 1.53. The van der Waals surface area contributed by atoms with Gasteiger partial charge in [0.25, 0.3) is 5.91 Å². The summed E-state index contributed by atoms with van der Waals surface area (Å²) in [4.78, 5) is 30.4. The number of aromatic nitrogens is 3. The molecule has 2 aromatic rings. The topological polar surface area (TPSA) is 101 Å². The molecule has 1 aromatic heterocycles. The molecule has 2 amide bonds. The third-order valence-electron chi connectivity index (χ3n) is 8.49. The molecule has 3 aliphatic rings. The first-order chi connectivity index (χ1) is 18.6. The maximum atomic E-state index is 15.9. The number of carbonyl (C=O) groups is 2. The van der Waals surface area contributed by atoms with E-state index in [0.29, 0.717) is 55.8 Å². The molecule has 1 spiro atoms. The van der Waals surface area contributed by atoms with Crippen LogP contribution in [-0.2, 0) is 32.9 Å². The van der Waals surface area contributed by atoms with Gasteiger partial charge in [-0.2, -0.15) is 0 Å². The first kappa shape index (κ1) is 27.5. The van der Waals surface area contributed by atoms with Crippen molar-refractivity contribution >= 4 is 23.2 Å². The Morgan fingerprint density at radius 1 is 1.31 bits per heavy atom. The van der Waals surface area contributed by atoms with Crippen molar-refractivity contribution in [2.75, 3.05) is 29.5 Å². The minimum Gasteiger partial charge on any atom is -0.396 e. The molecule has 3 aliphatic heterocycles. The molecule has 39 heavy (non-hydrogen) atoms. The fourth-order valence-corrected chi connectivity index (χ4v) is 6.80. The summed E-state index contributed by atoms with van der Waals surface area (Å²) in [5, 5.41) is 17.4. The monoisotopic (exact) mass is 539 g/mol. The summed E-state index contributed by atoms with van der Waals surface area (Å²) in [7, 11) is 0. The second-order valence-corrected chi connectivity index (χ2v) is 11.4. The Hall–Kier alpha value is -3.11. The standard InChI is InChI=1S/C29H38FN5O4/c1-5-13-35-23-10-9-21(34-14-7-6-8-25(34)37)17-22(23)29(27(35)38)19(2)26(28(3,4)30)24(39-29)11-15-33-18-20(12-16-36)31-32-33/h5,9-10,17-19,24,26,36H,1,6-8,11-16H2,2-4H3/t19-,24+,26-,29+/m0/s1. The van der Waals surface area contributed by atoms with E-state index in [1.807, 2.05) is 25.1 Å². The smallest absolute Gasteiger partial charge is 0.264 e. The first-order valence-electron chi connectivity index (χ1n) is 13.9. The lowest BCUT2D eigenvalue weighted by atomic mass is 9.71. The third kappa shape index (κ3) is 4.67. The molecule has 5 rings (SSSR count). The number of carbonyl (C=O) groups excluding carboxylic acids is 2. The average molecular weight is 540 g/mol. The number of hydrogen-bond donors (Lipinski definition) is 1. The van der Waals surface area contributed by atoms with Crippen LogP contribution in [0.2, 0.25) is 0 Å². The van der Waals surface area contributed by atoms with E-state index in [0.717, 1.165) is 18.5 Å². The molecule has 0 saturated carbocycles. The average Bonchev–Trinajstić information content (AvgIpc) is 3.53. The van der Waals surface area contributed by atoms with Crippen LogP contribution in [0.3, 0.4) is 0 Å². The highest BCUT2D eigenvalue weighted by Crippen LogP contribution is 2.58. The summed E-state index contributed by atoms with van der Waals surface area (Å²) in [5.41, 5.74) is -0.195. The second kappa shape index (κ2) is 10.5. The van der Waals surface area contributed by atoms with Crippen LogP contribution in [0.5, 0.6) is 0 Å². The Morgan fingerprint density at radius 2 is 2.10 bits per heavy atom. The number of rotatable bonds is 9. The van der Waals surface area contributed by atoms with Crippen LogP contribution >= 0.6 is 0 Å². The number of amides is 2. The molecule has 10 heteroatoms. The van der Waals surface area contributed by atoms with E-state index in [1.165, 1.54) is 0 Å². The van der Waals surface area contributed by atoms with Gasteiger partial charge in [-0.15, -0.1) is 11.7 Å². The van der Waals surface area contributed by atoms with E-state index in [2.05, 4.69) is 16.9 Å². The lowest BCUT2D eigenvalue weighted by molar-refractivity contribution is -0.146. The summed E-state index contributed by atoms with van der Waals surface area (Å²) in [6.07, 6.45) is 6.01. The zero-order valence-electron chi connectivity index (χ0n) is 23.0. The van der Waals surface area contributed by atoms with Crippen molar-refractivity contribution in [2.45, 2.75) is 76.8 Å². The van der Waals surface area contributed by atoms with E-state index in [-0.39, 0.29) is 18.4 Å². The zero-order chi connectivity index (χ0) is 27.9. The van der Waals surface area contributed by atoms with Crippen LogP contribution in [0.4, 0.5) is 15.8 Å². The fraction of sp³-hybridized carbons (Fsp3) is 0.586. The SMILES string of the molecule is C=CCN1C(=O)[C@]2(O[C@H](CCn3cc(CCO)nn3)[C@@H](C(C)(C)F)[C@@H]2C)c2cc(N3CCCCC3=O)ccc21. The largest absolute Gasteiger partial charge is 0.396 e. The van der Waals surface area contributed by atoms with E-state index in [9.17, 15) is 14.7 Å². The Morgan fingerprint density at radius 3 is 2.79 bits per heavy atom.